The number of aromatic nitrogens is 3. The third-order valence-electron chi connectivity index (χ3n) is 4.00. The molecule has 1 N–H and O–H groups in total. The third kappa shape index (κ3) is 4.55. The zero-order chi connectivity index (χ0) is 20.8. The van der Waals surface area contributed by atoms with Crippen molar-refractivity contribution in [3.05, 3.63) is 76.6 Å². The number of nitrogens with one attached hydrogen (secondary N) is 1. The van der Waals surface area contributed by atoms with E-state index in [0.29, 0.717) is 34.0 Å². The second-order valence-electron chi connectivity index (χ2n) is 5.95. The van der Waals surface area contributed by atoms with Gasteiger partial charge in [0.25, 0.3) is 0 Å². The Morgan fingerprint density at radius 3 is 2.90 bits per heavy atom. The highest BCUT2D eigenvalue weighted by molar-refractivity contribution is 9.10. The number of H-pyrrole nitrogens is 1. The minimum atomic E-state index is 0.121. The second-order valence-corrected chi connectivity index (χ2v) is 6.74. The van der Waals surface area contributed by atoms with E-state index < -0.39 is 0 Å². The van der Waals surface area contributed by atoms with Crippen LogP contribution in [0.5, 0.6) is 17.6 Å². The van der Waals surface area contributed by atoms with E-state index >= 15 is 0 Å². The lowest BCUT2D eigenvalue weighted by atomic mass is 10.2. The highest BCUT2D eigenvalue weighted by atomic mass is 79.9. The fourth-order valence-electron chi connectivity index (χ4n) is 2.60. The summed E-state index contributed by atoms with van der Waals surface area (Å²) in [5.74, 6) is 1.31. The number of aryl methyl sites for hydroxylation is 1. The number of nitrogens with zero attached hydrogens (tertiary/aromatic N) is 3. The van der Waals surface area contributed by atoms with Crippen molar-refractivity contribution in [2.45, 2.75) is 20.3 Å². The molecular formula is C22H19BrN4O2. The Bertz CT molecular complexity index is 1160. The first-order chi connectivity index (χ1) is 14.1. The van der Waals surface area contributed by atoms with Crippen molar-refractivity contribution in [2.75, 3.05) is 0 Å². The molecule has 0 unspecified atom stereocenters. The van der Waals surface area contributed by atoms with Crippen LogP contribution in [-0.2, 0) is 6.42 Å². The molecule has 0 saturated carbocycles. The van der Waals surface area contributed by atoms with Crippen molar-refractivity contribution >= 4 is 27.0 Å². The van der Waals surface area contributed by atoms with Gasteiger partial charge in [-0.1, -0.05) is 31.7 Å². The molecule has 6 nitrogen and oxygen atoms in total. The molecule has 29 heavy (non-hydrogen) atoms. The Morgan fingerprint density at radius 1 is 1.38 bits per heavy atom. The molecule has 146 valence electrons. The van der Waals surface area contributed by atoms with Gasteiger partial charge in [-0.15, -0.1) is 0 Å². The molecule has 1 aromatic carbocycles. The number of allylic oxidation sites excluding steroid dienone is 4. The molecule has 0 aliphatic heterocycles. The fraction of sp³-hybridized carbons (Fsp3) is 0.136. The average Bonchev–Trinajstić information content (AvgIpc) is 3.07. The Balaban J connectivity index is 2.11. The summed E-state index contributed by atoms with van der Waals surface area (Å²) in [7, 11) is 0. The smallest absolute Gasteiger partial charge is 0.327 e. The van der Waals surface area contributed by atoms with Crippen molar-refractivity contribution in [3.63, 3.8) is 0 Å². The zero-order valence-corrected chi connectivity index (χ0v) is 17.7. The fourth-order valence-corrected chi connectivity index (χ4v) is 3.34. The molecule has 0 fully saturated rings. The second kappa shape index (κ2) is 9.22. The quantitative estimate of drug-likeness (QED) is 0.353. The van der Waals surface area contributed by atoms with Gasteiger partial charge >= 0.3 is 6.01 Å². The zero-order valence-electron chi connectivity index (χ0n) is 16.1. The lowest BCUT2D eigenvalue weighted by Crippen LogP contribution is -2.00. The number of benzene rings is 1. The molecular weight excluding hydrogens is 432 g/mol. The van der Waals surface area contributed by atoms with Crippen molar-refractivity contribution in [2.24, 2.45) is 0 Å². The highest BCUT2D eigenvalue weighted by Gasteiger charge is 2.19. The Kier molecular flexibility index (Phi) is 6.47. The molecule has 0 aliphatic rings. The maximum atomic E-state index is 9.14. The van der Waals surface area contributed by atoms with Gasteiger partial charge < -0.3 is 14.5 Å². The van der Waals surface area contributed by atoms with Gasteiger partial charge in [0.05, 0.1) is 21.5 Å². The number of aromatic amines is 1. The normalized spacial score (nSPS) is 11.6. The summed E-state index contributed by atoms with van der Waals surface area (Å²) in [4.78, 5) is 12.2. The SMILES string of the molecule is C=C/C(=C\C=C/C)Oc1nc(Oc2cccc(C#N)c2)c2c(Br)c(CC)[nH]c2n1. The summed E-state index contributed by atoms with van der Waals surface area (Å²) < 4.78 is 12.6. The first kappa shape index (κ1) is 20.4. The molecule has 0 aliphatic carbocycles. The van der Waals surface area contributed by atoms with E-state index in [0.717, 1.165) is 16.6 Å². The largest absolute Gasteiger partial charge is 0.438 e. The van der Waals surface area contributed by atoms with Crippen molar-refractivity contribution in [1.29, 1.82) is 5.26 Å². The maximum Gasteiger partial charge on any atom is 0.327 e. The van der Waals surface area contributed by atoms with Gasteiger partial charge in [-0.3, -0.25) is 0 Å². The van der Waals surface area contributed by atoms with Crippen LogP contribution in [0.4, 0.5) is 0 Å². The Morgan fingerprint density at radius 2 is 2.21 bits per heavy atom. The van der Waals surface area contributed by atoms with Gasteiger partial charge in [0.1, 0.15) is 17.2 Å². The number of rotatable bonds is 7. The van der Waals surface area contributed by atoms with Crippen LogP contribution < -0.4 is 9.47 Å². The number of hydrogen-bond acceptors (Lipinski definition) is 5. The van der Waals surface area contributed by atoms with E-state index in [4.69, 9.17) is 14.7 Å². The van der Waals surface area contributed by atoms with Gasteiger partial charge in [-0.2, -0.15) is 15.2 Å². The molecule has 2 heterocycles. The van der Waals surface area contributed by atoms with Crippen molar-refractivity contribution in [1.82, 2.24) is 15.0 Å². The van der Waals surface area contributed by atoms with E-state index in [9.17, 15) is 0 Å². The molecule has 0 bridgehead atoms. The molecule has 0 radical (unpaired) electrons. The van der Waals surface area contributed by atoms with E-state index in [-0.39, 0.29) is 6.01 Å². The minimum Gasteiger partial charge on any atom is -0.438 e. The molecule has 2 aromatic heterocycles. The summed E-state index contributed by atoms with van der Waals surface area (Å²) in [6.07, 6.45) is 7.83. The van der Waals surface area contributed by atoms with E-state index in [2.05, 4.69) is 43.5 Å². The summed E-state index contributed by atoms with van der Waals surface area (Å²) in [5.41, 5.74) is 2.05. The van der Waals surface area contributed by atoms with Crippen LogP contribution in [0.3, 0.4) is 0 Å². The van der Waals surface area contributed by atoms with E-state index in [1.807, 2.05) is 26.0 Å². The maximum absolute atomic E-state index is 9.14. The molecule has 0 amide bonds. The highest BCUT2D eigenvalue weighted by Crippen LogP contribution is 2.37. The lowest BCUT2D eigenvalue weighted by molar-refractivity contribution is 0.393. The summed E-state index contributed by atoms with van der Waals surface area (Å²) in [5, 5.41) is 9.84. The summed E-state index contributed by atoms with van der Waals surface area (Å²) in [6, 6.07) is 9.10. The molecule has 3 rings (SSSR count). The average molecular weight is 451 g/mol. The van der Waals surface area contributed by atoms with Crippen LogP contribution >= 0.6 is 15.9 Å². The van der Waals surface area contributed by atoms with Crippen LogP contribution in [0.15, 0.2) is 65.4 Å². The van der Waals surface area contributed by atoms with Gasteiger partial charge in [0.2, 0.25) is 5.88 Å². The first-order valence-corrected chi connectivity index (χ1v) is 9.78. The minimum absolute atomic E-state index is 0.121. The van der Waals surface area contributed by atoms with Crippen LogP contribution in [0.1, 0.15) is 25.1 Å². The van der Waals surface area contributed by atoms with Crippen molar-refractivity contribution in [3.8, 4) is 23.7 Å². The number of nitriles is 1. The Labute approximate surface area is 177 Å². The monoisotopic (exact) mass is 450 g/mol. The predicted molar refractivity (Wildman–Crippen MR) is 116 cm³/mol. The van der Waals surface area contributed by atoms with Crippen LogP contribution in [0.25, 0.3) is 11.0 Å². The molecule has 0 saturated heterocycles. The van der Waals surface area contributed by atoms with Crippen LogP contribution in [0, 0.1) is 11.3 Å². The van der Waals surface area contributed by atoms with E-state index in [1.54, 1.807) is 36.4 Å². The van der Waals surface area contributed by atoms with Crippen LogP contribution in [-0.4, -0.2) is 15.0 Å². The van der Waals surface area contributed by atoms with Crippen LogP contribution in [0.2, 0.25) is 0 Å². The standard InChI is InChI=1S/C22H19BrN4O2/c1-4-7-10-15(5-2)29-22-26-20-18(19(23)17(6-3)25-20)21(27-22)28-16-11-8-9-14(12-16)13-24/h4-5,7-12H,2,6H2,1,3H3,(H,25,26,27)/b7-4-,15-10+. The molecule has 0 spiro atoms. The number of halogens is 1. The van der Waals surface area contributed by atoms with Gasteiger partial charge in [0.15, 0.2) is 0 Å². The number of fused-ring (bicyclic) bond motifs is 1. The predicted octanol–water partition coefficient (Wildman–Crippen LogP) is 5.97. The van der Waals surface area contributed by atoms with Crippen molar-refractivity contribution < 1.29 is 9.47 Å². The molecule has 7 heteroatoms. The summed E-state index contributed by atoms with van der Waals surface area (Å²) >= 11 is 3.61. The molecule has 3 aromatic rings. The van der Waals surface area contributed by atoms with E-state index in [1.165, 1.54) is 0 Å². The Hall–Kier alpha value is -3.37. The first-order valence-electron chi connectivity index (χ1n) is 8.99. The summed E-state index contributed by atoms with van der Waals surface area (Å²) in [6.45, 7) is 7.69. The topological polar surface area (TPSA) is 83.8 Å². The van der Waals surface area contributed by atoms with Gasteiger partial charge in [-0.05, 0) is 59.6 Å². The van der Waals surface area contributed by atoms with Gasteiger partial charge in [-0.25, -0.2) is 0 Å². The molecule has 0 atom stereocenters. The van der Waals surface area contributed by atoms with Gasteiger partial charge in [0, 0.05) is 5.69 Å². The lowest BCUT2D eigenvalue weighted by Gasteiger charge is -2.09. The number of ether oxygens (including phenoxy) is 2. The number of hydrogen-bond donors (Lipinski definition) is 1. The third-order valence-corrected chi connectivity index (χ3v) is 4.88.